The van der Waals surface area contributed by atoms with E-state index in [0.717, 1.165) is 22.2 Å². The first-order chi connectivity index (χ1) is 14.5. The van der Waals surface area contributed by atoms with E-state index in [9.17, 15) is 4.79 Å². The smallest absolute Gasteiger partial charge is 0.256 e. The number of aryl methyl sites for hydroxylation is 1. The Morgan fingerprint density at radius 3 is 2.60 bits per heavy atom. The second-order valence-electron chi connectivity index (χ2n) is 7.58. The Bertz CT molecular complexity index is 1220. The molecule has 1 amide bonds. The molecule has 5 nitrogen and oxygen atoms in total. The molecular weight excluding hydrogens is 376 g/mol. The minimum Gasteiger partial charge on any atom is -0.495 e. The molecule has 1 aromatic heterocycles. The summed E-state index contributed by atoms with van der Waals surface area (Å²) in [7, 11) is 1.57. The van der Waals surface area contributed by atoms with Gasteiger partial charge >= 0.3 is 0 Å². The maximum atomic E-state index is 12.8. The summed E-state index contributed by atoms with van der Waals surface area (Å²) in [5.74, 6) is 1.29. The molecule has 0 saturated carbocycles. The quantitative estimate of drug-likeness (QED) is 0.434. The molecule has 0 radical (unpaired) electrons. The molecule has 1 N–H and O–H groups in total. The van der Waals surface area contributed by atoms with E-state index >= 15 is 0 Å². The Morgan fingerprint density at radius 1 is 1.07 bits per heavy atom. The predicted molar refractivity (Wildman–Crippen MR) is 119 cm³/mol. The average molecular weight is 400 g/mol. The molecule has 0 aliphatic carbocycles. The summed E-state index contributed by atoms with van der Waals surface area (Å²) in [6.07, 6.45) is 0. The van der Waals surface area contributed by atoms with Crippen LogP contribution in [0.4, 0.5) is 5.69 Å². The molecule has 4 aromatic rings. The molecule has 0 aliphatic heterocycles. The standard InChI is InChI=1S/C25H24N2O3/c1-15(2)17-9-12-23-21(13-17)27-25(30-23)18-10-11-22(29-4)20(14-18)26-24(28)19-8-6-5-7-16(19)3/h5-15H,1-4H3,(H,26,28). The van der Waals surface area contributed by atoms with Gasteiger partial charge in [-0.25, -0.2) is 4.98 Å². The van der Waals surface area contributed by atoms with Crippen LogP contribution in [0.25, 0.3) is 22.6 Å². The number of benzene rings is 3. The first-order valence-corrected chi connectivity index (χ1v) is 9.92. The fourth-order valence-electron chi connectivity index (χ4n) is 3.38. The number of hydrogen-bond acceptors (Lipinski definition) is 4. The summed E-state index contributed by atoms with van der Waals surface area (Å²) < 4.78 is 11.4. The number of nitrogens with one attached hydrogen (secondary N) is 1. The number of methoxy groups -OCH3 is 1. The lowest BCUT2D eigenvalue weighted by molar-refractivity contribution is 0.102. The van der Waals surface area contributed by atoms with E-state index in [4.69, 9.17) is 9.15 Å². The summed E-state index contributed by atoms with van der Waals surface area (Å²) >= 11 is 0. The van der Waals surface area contributed by atoms with Crippen molar-refractivity contribution in [3.63, 3.8) is 0 Å². The Labute approximate surface area is 175 Å². The van der Waals surface area contributed by atoms with Gasteiger partial charge < -0.3 is 14.5 Å². The van der Waals surface area contributed by atoms with Crippen LogP contribution in [-0.2, 0) is 0 Å². The number of anilines is 1. The number of rotatable bonds is 5. The summed E-state index contributed by atoms with van der Waals surface area (Å²) in [6.45, 7) is 6.20. The summed E-state index contributed by atoms with van der Waals surface area (Å²) in [6, 6.07) is 19.0. The van der Waals surface area contributed by atoms with Crippen LogP contribution in [0.5, 0.6) is 5.75 Å². The molecule has 152 valence electrons. The van der Waals surface area contributed by atoms with Crippen LogP contribution in [0.1, 0.15) is 41.3 Å². The molecule has 0 atom stereocenters. The fraction of sp³-hybridized carbons (Fsp3) is 0.200. The van der Waals surface area contributed by atoms with Crippen molar-refractivity contribution in [3.05, 3.63) is 77.4 Å². The maximum absolute atomic E-state index is 12.8. The van der Waals surface area contributed by atoms with Gasteiger partial charge in [-0.3, -0.25) is 4.79 Å². The van der Waals surface area contributed by atoms with Crippen molar-refractivity contribution in [3.8, 4) is 17.2 Å². The van der Waals surface area contributed by atoms with Crippen molar-refractivity contribution in [1.29, 1.82) is 0 Å². The largest absolute Gasteiger partial charge is 0.495 e. The number of nitrogens with zero attached hydrogens (tertiary/aromatic N) is 1. The molecule has 0 fully saturated rings. The SMILES string of the molecule is COc1ccc(-c2nc3cc(C(C)C)ccc3o2)cc1NC(=O)c1ccccc1C. The first kappa shape index (κ1) is 19.7. The highest BCUT2D eigenvalue weighted by molar-refractivity contribution is 6.06. The summed E-state index contributed by atoms with van der Waals surface area (Å²) in [5, 5.41) is 2.95. The molecule has 0 bridgehead atoms. The third-order valence-corrected chi connectivity index (χ3v) is 5.16. The van der Waals surface area contributed by atoms with Gasteiger partial charge in [0.1, 0.15) is 11.3 Å². The van der Waals surface area contributed by atoms with Crippen molar-refractivity contribution < 1.29 is 13.9 Å². The first-order valence-electron chi connectivity index (χ1n) is 9.92. The molecule has 0 aliphatic rings. The van der Waals surface area contributed by atoms with E-state index < -0.39 is 0 Å². The van der Waals surface area contributed by atoms with Crippen molar-refractivity contribution in [2.24, 2.45) is 0 Å². The zero-order valence-corrected chi connectivity index (χ0v) is 17.5. The zero-order chi connectivity index (χ0) is 21.3. The third kappa shape index (κ3) is 3.79. The number of aromatic nitrogens is 1. The molecular formula is C25H24N2O3. The molecule has 4 rings (SSSR count). The molecule has 0 saturated heterocycles. The number of hydrogen-bond donors (Lipinski definition) is 1. The zero-order valence-electron chi connectivity index (χ0n) is 17.5. The van der Waals surface area contributed by atoms with Gasteiger partial charge in [0.05, 0.1) is 12.8 Å². The fourth-order valence-corrected chi connectivity index (χ4v) is 3.38. The minimum absolute atomic E-state index is 0.192. The number of fused-ring (bicyclic) bond motifs is 1. The van der Waals surface area contributed by atoms with Crippen LogP contribution >= 0.6 is 0 Å². The van der Waals surface area contributed by atoms with Gasteiger partial charge in [0, 0.05) is 11.1 Å². The molecule has 30 heavy (non-hydrogen) atoms. The van der Waals surface area contributed by atoms with Gasteiger partial charge in [-0.2, -0.15) is 0 Å². The Hall–Kier alpha value is -3.60. The minimum atomic E-state index is -0.192. The highest BCUT2D eigenvalue weighted by Crippen LogP contribution is 2.33. The molecule has 5 heteroatoms. The van der Waals surface area contributed by atoms with E-state index in [1.807, 2.05) is 43.3 Å². The van der Waals surface area contributed by atoms with Gasteiger partial charge in [0.2, 0.25) is 5.89 Å². The van der Waals surface area contributed by atoms with Gasteiger partial charge in [0.15, 0.2) is 5.58 Å². The highest BCUT2D eigenvalue weighted by Gasteiger charge is 2.15. The Balaban J connectivity index is 1.70. The van der Waals surface area contributed by atoms with Gasteiger partial charge in [-0.15, -0.1) is 0 Å². The van der Waals surface area contributed by atoms with Crippen LogP contribution in [0.2, 0.25) is 0 Å². The number of ether oxygens (including phenoxy) is 1. The molecule has 1 heterocycles. The highest BCUT2D eigenvalue weighted by atomic mass is 16.5. The van der Waals surface area contributed by atoms with Crippen molar-refractivity contribution in [2.45, 2.75) is 26.7 Å². The molecule has 0 unspecified atom stereocenters. The van der Waals surface area contributed by atoms with Gasteiger partial charge in [-0.1, -0.05) is 38.1 Å². The number of carbonyl (C=O) groups excluding carboxylic acids is 1. The topological polar surface area (TPSA) is 64.4 Å². The molecule has 3 aromatic carbocycles. The van der Waals surface area contributed by atoms with Crippen molar-refractivity contribution >= 4 is 22.7 Å². The van der Waals surface area contributed by atoms with Gasteiger partial charge in [-0.05, 0) is 60.4 Å². The van der Waals surface area contributed by atoms with E-state index in [-0.39, 0.29) is 5.91 Å². The lowest BCUT2D eigenvalue weighted by atomic mass is 10.0. The second kappa shape index (κ2) is 8.03. The maximum Gasteiger partial charge on any atom is 0.256 e. The van der Waals surface area contributed by atoms with Crippen LogP contribution in [0.3, 0.4) is 0 Å². The van der Waals surface area contributed by atoms with E-state index in [1.54, 1.807) is 19.2 Å². The van der Waals surface area contributed by atoms with E-state index in [2.05, 4.69) is 36.3 Å². The van der Waals surface area contributed by atoms with E-state index in [0.29, 0.717) is 28.8 Å². The van der Waals surface area contributed by atoms with Crippen LogP contribution in [0, 0.1) is 6.92 Å². The van der Waals surface area contributed by atoms with E-state index in [1.165, 1.54) is 5.56 Å². The Morgan fingerprint density at radius 2 is 1.87 bits per heavy atom. The van der Waals surface area contributed by atoms with Gasteiger partial charge in [0.25, 0.3) is 5.91 Å². The second-order valence-corrected chi connectivity index (χ2v) is 7.58. The molecule has 0 spiro atoms. The average Bonchev–Trinajstić information content (AvgIpc) is 3.17. The number of oxazole rings is 1. The summed E-state index contributed by atoms with van der Waals surface area (Å²) in [4.78, 5) is 17.4. The normalized spacial score (nSPS) is 11.1. The van der Waals surface area contributed by atoms with Crippen molar-refractivity contribution in [1.82, 2.24) is 4.98 Å². The number of amides is 1. The van der Waals surface area contributed by atoms with Crippen LogP contribution in [0.15, 0.2) is 65.1 Å². The van der Waals surface area contributed by atoms with Crippen LogP contribution in [-0.4, -0.2) is 18.0 Å². The monoisotopic (exact) mass is 400 g/mol. The lowest BCUT2D eigenvalue weighted by Crippen LogP contribution is -2.14. The Kier molecular flexibility index (Phi) is 5.27. The predicted octanol–water partition coefficient (Wildman–Crippen LogP) is 6.19. The third-order valence-electron chi connectivity index (χ3n) is 5.16. The summed E-state index contributed by atoms with van der Waals surface area (Å²) in [5.41, 5.74) is 5.61. The van der Waals surface area contributed by atoms with Crippen LogP contribution < -0.4 is 10.1 Å². The van der Waals surface area contributed by atoms with Crippen molar-refractivity contribution in [2.75, 3.05) is 12.4 Å². The lowest BCUT2D eigenvalue weighted by Gasteiger charge is -2.12. The number of carbonyl (C=O) groups is 1.